The Labute approximate surface area is 93.0 Å². The van der Waals surface area contributed by atoms with Crippen LogP contribution in [0.3, 0.4) is 0 Å². The molecule has 0 radical (unpaired) electrons. The number of fused-ring (bicyclic) bond motifs is 1. The highest BCUT2D eigenvalue weighted by Gasteiger charge is 2.03. The lowest BCUT2D eigenvalue weighted by molar-refractivity contribution is 0.476. The van der Waals surface area contributed by atoms with Gasteiger partial charge in [0.1, 0.15) is 5.75 Å². The minimum absolute atomic E-state index is 0.321. The van der Waals surface area contributed by atoms with E-state index in [9.17, 15) is 5.11 Å². The summed E-state index contributed by atoms with van der Waals surface area (Å²) in [5, 5.41) is 10.5. The molecular weight excluding hydrogens is 208 g/mol. The Morgan fingerprint density at radius 2 is 2.33 bits per heavy atom. The fraction of sp³-hybridized carbons (Fsp3) is 0.273. The molecule has 0 aliphatic rings. The van der Waals surface area contributed by atoms with Gasteiger partial charge >= 0.3 is 0 Å². The first-order valence-corrected chi connectivity index (χ1v) is 6.08. The van der Waals surface area contributed by atoms with E-state index >= 15 is 0 Å². The third kappa shape index (κ3) is 2.27. The van der Waals surface area contributed by atoms with Crippen LogP contribution >= 0.6 is 11.9 Å². The van der Waals surface area contributed by atoms with Crippen molar-refractivity contribution in [3.63, 3.8) is 0 Å². The molecule has 15 heavy (non-hydrogen) atoms. The summed E-state index contributed by atoms with van der Waals surface area (Å²) in [7, 11) is 0. The number of rotatable bonds is 4. The molecule has 1 aromatic heterocycles. The van der Waals surface area contributed by atoms with Gasteiger partial charge in [-0.3, -0.25) is 4.72 Å². The van der Waals surface area contributed by atoms with Crippen molar-refractivity contribution >= 4 is 22.9 Å². The van der Waals surface area contributed by atoms with E-state index in [0.717, 1.165) is 23.9 Å². The predicted molar refractivity (Wildman–Crippen MR) is 65.2 cm³/mol. The van der Waals surface area contributed by atoms with Gasteiger partial charge in [-0.25, -0.2) is 0 Å². The molecule has 2 rings (SSSR count). The second kappa shape index (κ2) is 4.59. The molecule has 80 valence electrons. The van der Waals surface area contributed by atoms with Gasteiger partial charge in [-0.15, -0.1) is 0 Å². The third-order valence-electron chi connectivity index (χ3n) is 2.39. The van der Waals surface area contributed by atoms with Crippen molar-refractivity contribution in [2.24, 2.45) is 0 Å². The molecule has 0 fully saturated rings. The highest BCUT2D eigenvalue weighted by molar-refractivity contribution is 7.96. The first kappa shape index (κ1) is 10.4. The van der Waals surface area contributed by atoms with Gasteiger partial charge in [-0.2, -0.15) is 0 Å². The number of aromatic amines is 1. The molecule has 0 saturated heterocycles. The molecule has 1 aromatic carbocycles. The van der Waals surface area contributed by atoms with E-state index in [0.29, 0.717) is 5.75 Å². The van der Waals surface area contributed by atoms with Gasteiger partial charge in [-0.05, 0) is 36.4 Å². The van der Waals surface area contributed by atoms with Gasteiger partial charge in [0.25, 0.3) is 0 Å². The van der Waals surface area contributed by atoms with E-state index in [2.05, 4.69) is 9.71 Å². The van der Waals surface area contributed by atoms with E-state index in [1.54, 1.807) is 24.1 Å². The van der Waals surface area contributed by atoms with Crippen molar-refractivity contribution in [2.75, 3.05) is 12.8 Å². The number of phenolic OH excluding ortho intramolecular Hbond substituents is 1. The molecular formula is C11H14N2OS. The third-order valence-corrected chi connectivity index (χ3v) is 2.88. The Bertz CT molecular complexity index is 453. The first-order valence-electron chi connectivity index (χ1n) is 4.86. The molecule has 0 aliphatic carbocycles. The van der Waals surface area contributed by atoms with Gasteiger partial charge in [0, 0.05) is 23.6 Å². The molecule has 0 saturated carbocycles. The van der Waals surface area contributed by atoms with E-state index in [1.807, 2.05) is 18.5 Å². The quantitative estimate of drug-likeness (QED) is 0.549. The second-order valence-corrected chi connectivity index (χ2v) is 4.09. The van der Waals surface area contributed by atoms with Crippen LogP contribution in [-0.4, -0.2) is 22.9 Å². The van der Waals surface area contributed by atoms with Crippen LogP contribution < -0.4 is 4.72 Å². The zero-order chi connectivity index (χ0) is 10.7. The summed E-state index contributed by atoms with van der Waals surface area (Å²) in [5.41, 5.74) is 2.31. The summed E-state index contributed by atoms with van der Waals surface area (Å²) in [6.45, 7) is 0.934. The Morgan fingerprint density at radius 1 is 1.47 bits per heavy atom. The maximum Gasteiger partial charge on any atom is 0.116 e. The molecule has 1 heterocycles. The van der Waals surface area contributed by atoms with Crippen molar-refractivity contribution in [3.05, 3.63) is 30.0 Å². The molecule has 0 aliphatic heterocycles. The Kier molecular flexibility index (Phi) is 3.18. The number of H-pyrrole nitrogens is 1. The molecule has 2 aromatic rings. The number of benzene rings is 1. The number of aromatic nitrogens is 1. The summed E-state index contributed by atoms with van der Waals surface area (Å²) in [4.78, 5) is 3.20. The van der Waals surface area contributed by atoms with Gasteiger partial charge in [-0.1, -0.05) is 11.9 Å². The molecule has 4 heteroatoms. The molecule has 0 bridgehead atoms. The lowest BCUT2D eigenvalue weighted by atomic mass is 10.1. The number of phenols is 1. The maximum atomic E-state index is 9.41. The standard InChI is InChI=1S/C11H14N2OS/c1-15-13-5-4-8-7-12-11-3-2-9(14)6-10(8)11/h2-3,6-7,12-14H,4-5H2,1H3. The summed E-state index contributed by atoms with van der Waals surface area (Å²) >= 11 is 1.62. The number of aromatic hydroxyl groups is 1. The molecule has 0 amide bonds. The average molecular weight is 222 g/mol. The largest absolute Gasteiger partial charge is 0.508 e. The topological polar surface area (TPSA) is 48.0 Å². The van der Waals surface area contributed by atoms with E-state index in [4.69, 9.17) is 0 Å². The van der Waals surface area contributed by atoms with Crippen LogP contribution in [0.5, 0.6) is 5.75 Å². The summed E-state index contributed by atoms with van der Waals surface area (Å²) in [6, 6.07) is 5.40. The predicted octanol–water partition coefficient (Wildman–Crippen LogP) is 2.28. The van der Waals surface area contributed by atoms with Crippen LogP contribution in [0.1, 0.15) is 5.56 Å². The number of hydrogen-bond donors (Lipinski definition) is 3. The van der Waals surface area contributed by atoms with Crippen molar-refractivity contribution in [1.29, 1.82) is 0 Å². The van der Waals surface area contributed by atoms with Gasteiger partial charge < -0.3 is 10.1 Å². The minimum Gasteiger partial charge on any atom is -0.508 e. The highest BCUT2D eigenvalue weighted by Crippen LogP contribution is 2.22. The first-order chi connectivity index (χ1) is 7.31. The van der Waals surface area contributed by atoms with E-state index in [1.165, 1.54) is 5.56 Å². The van der Waals surface area contributed by atoms with Crippen LogP contribution in [0, 0.1) is 0 Å². The number of nitrogens with one attached hydrogen (secondary N) is 2. The average Bonchev–Trinajstić information content (AvgIpc) is 2.62. The van der Waals surface area contributed by atoms with Crippen molar-refractivity contribution < 1.29 is 5.11 Å². The van der Waals surface area contributed by atoms with Crippen molar-refractivity contribution in [2.45, 2.75) is 6.42 Å². The Balaban J connectivity index is 2.23. The SMILES string of the molecule is CSNCCc1c[nH]c2ccc(O)cc12. The maximum absolute atomic E-state index is 9.41. The van der Waals surface area contributed by atoms with Crippen LogP contribution in [-0.2, 0) is 6.42 Å². The van der Waals surface area contributed by atoms with Gasteiger partial charge in [0.15, 0.2) is 0 Å². The summed E-state index contributed by atoms with van der Waals surface area (Å²) in [6.07, 6.45) is 4.98. The fourth-order valence-electron chi connectivity index (χ4n) is 1.66. The molecule has 0 unspecified atom stereocenters. The van der Waals surface area contributed by atoms with Crippen LogP contribution in [0.2, 0.25) is 0 Å². The van der Waals surface area contributed by atoms with Crippen LogP contribution in [0.25, 0.3) is 10.9 Å². The minimum atomic E-state index is 0.321. The van der Waals surface area contributed by atoms with Gasteiger partial charge in [0.05, 0.1) is 0 Å². The smallest absolute Gasteiger partial charge is 0.116 e. The lowest BCUT2D eigenvalue weighted by Crippen LogP contribution is -2.06. The van der Waals surface area contributed by atoms with Crippen molar-refractivity contribution in [1.82, 2.24) is 9.71 Å². The highest BCUT2D eigenvalue weighted by atomic mass is 32.2. The molecule has 3 N–H and O–H groups in total. The Morgan fingerprint density at radius 3 is 3.13 bits per heavy atom. The Hall–Kier alpha value is -1.13. The lowest BCUT2D eigenvalue weighted by Gasteiger charge is -2.00. The zero-order valence-electron chi connectivity index (χ0n) is 8.58. The summed E-state index contributed by atoms with van der Waals surface area (Å²) in [5.74, 6) is 0.321. The second-order valence-electron chi connectivity index (χ2n) is 3.39. The zero-order valence-corrected chi connectivity index (χ0v) is 9.40. The normalized spacial score (nSPS) is 11.0. The van der Waals surface area contributed by atoms with Crippen LogP contribution in [0.15, 0.2) is 24.4 Å². The summed E-state index contributed by atoms with van der Waals surface area (Å²) < 4.78 is 3.21. The van der Waals surface area contributed by atoms with Gasteiger partial charge in [0.2, 0.25) is 0 Å². The van der Waals surface area contributed by atoms with E-state index in [-0.39, 0.29) is 0 Å². The van der Waals surface area contributed by atoms with Crippen molar-refractivity contribution in [3.8, 4) is 5.75 Å². The monoisotopic (exact) mass is 222 g/mol. The molecule has 0 spiro atoms. The molecule has 3 nitrogen and oxygen atoms in total. The van der Waals surface area contributed by atoms with Crippen LogP contribution in [0.4, 0.5) is 0 Å². The van der Waals surface area contributed by atoms with E-state index < -0.39 is 0 Å². The fourth-order valence-corrected chi connectivity index (χ4v) is 1.97. The molecule has 0 atom stereocenters. The number of hydrogen-bond acceptors (Lipinski definition) is 3.